The smallest absolute Gasteiger partial charge is 0.240 e. The Kier molecular flexibility index (Phi) is 2.87. The Morgan fingerprint density at radius 1 is 1.24 bits per heavy atom. The molecule has 0 aliphatic heterocycles. The zero-order valence-electron chi connectivity index (χ0n) is 10.3. The number of carbonyl (C=O) groups excluding carboxylic acids is 1. The third-order valence-electron chi connectivity index (χ3n) is 4.13. The van der Waals surface area contributed by atoms with Gasteiger partial charge in [0.05, 0.1) is 6.61 Å². The van der Waals surface area contributed by atoms with E-state index < -0.39 is 5.54 Å². The maximum Gasteiger partial charge on any atom is 0.240 e. The second-order valence-corrected chi connectivity index (χ2v) is 5.99. The van der Waals surface area contributed by atoms with E-state index in [2.05, 4.69) is 5.32 Å². The van der Waals surface area contributed by atoms with Gasteiger partial charge in [-0.25, -0.2) is 0 Å². The summed E-state index contributed by atoms with van der Waals surface area (Å²) in [4.78, 5) is 11.8. The van der Waals surface area contributed by atoms with Crippen LogP contribution in [0, 0.1) is 11.8 Å². The van der Waals surface area contributed by atoms with Crippen molar-refractivity contribution in [3.63, 3.8) is 0 Å². The number of amides is 1. The van der Waals surface area contributed by atoms with E-state index >= 15 is 0 Å². The van der Waals surface area contributed by atoms with Gasteiger partial charge in [-0.2, -0.15) is 0 Å². The Bertz CT molecular complexity index is 309. The quantitative estimate of drug-likeness (QED) is 0.657. The molecule has 0 bridgehead atoms. The summed E-state index contributed by atoms with van der Waals surface area (Å²) in [7, 11) is 0. The van der Waals surface area contributed by atoms with Gasteiger partial charge in [-0.1, -0.05) is 0 Å². The van der Waals surface area contributed by atoms with Gasteiger partial charge in [0.15, 0.2) is 0 Å². The molecule has 0 heterocycles. The molecule has 1 amide bonds. The summed E-state index contributed by atoms with van der Waals surface area (Å²) in [6.45, 7) is 1.27. The highest BCUT2D eigenvalue weighted by Crippen LogP contribution is 2.42. The molecular formula is C13H22N2O2. The number of carbonyl (C=O) groups is 1. The number of rotatable bonds is 8. The van der Waals surface area contributed by atoms with Crippen LogP contribution in [-0.2, 0) is 9.53 Å². The first-order chi connectivity index (χ1) is 8.21. The van der Waals surface area contributed by atoms with Crippen molar-refractivity contribution in [1.29, 1.82) is 0 Å². The van der Waals surface area contributed by atoms with Crippen LogP contribution < -0.4 is 11.1 Å². The largest absolute Gasteiger partial charge is 0.379 e. The molecule has 0 aromatic rings. The highest BCUT2D eigenvalue weighted by atomic mass is 16.5. The van der Waals surface area contributed by atoms with Crippen molar-refractivity contribution in [3.05, 3.63) is 0 Å². The Balaban J connectivity index is 1.60. The lowest BCUT2D eigenvalue weighted by Gasteiger charge is -2.32. The number of ether oxygens (including phenoxy) is 1. The highest BCUT2D eigenvalue weighted by Gasteiger charge is 2.52. The van der Waals surface area contributed by atoms with Gasteiger partial charge in [-0.15, -0.1) is 0 Å². The van der Waals surface area contributed by atoms with Crippen molar-refractivity contribution in [1.82, 2.24) is 5.32 Å². The van der Waals surface area contributed by atoms with Gasteiger partial charge < -0.3 is 10.5 Å². The van der Waals surface area contributed by atoms with E-state index in [4.69, 9.17) is 10.5 Å². The average Bonchev–Trinajstić information content (AvgIpc) is 3.13. The molecule has 3 saturated carbocycles. The fourth-order valence-corrected chi connectivity index (χ4v) is 2.46. The number of nitrogens with two attached hydrogens (primary N) is 1. The van der Waals surface area contributed by atoms with Gasteiger partial charge in [0.2, 0.25) is 5.91 Å². The average molecular weight is 238 g/mol. The number of hydrogen-bond donors (Lipinski definition) is 2. The molecule has 4 heteroatoms. The molecule has 0 aromatic carbocycles. The van der Waals surface area contributed by atoms with E-state index in [-0.39, 0.29) is 5.91 Å². The van der Waals surface area contributed by atoms with Crippen molar-refractivity contribution in [2.24, 2.45) is 17.6 Å². The van der Waals surface area contributed by atoms with E-state index in [1.807, 2.05) is 0 Å². The first kappa shape index (κ1) is 11.5. The summed E-state index contributed by atoms with van der Waals surface area (Å²) < 4.78 is 5.75. The monoisotopic (exact) mass is 238 g/mol. The molecule has 0 radical (unpaired) electrons. The Labute approximate surface area is 102 Å². The molecule has 96 valence electrons. The van der Waals surface area contributed by atoms with E-state index in [9.17, 15) is 4.79 Å². The molecule has 4 nitrogen and oxygen atoms in total. The number of nitrogens with one attached hydrogen (secondary N) is 1. The molecule has 0 aromatic heterocycles. The molecule has 3 rings (SSSR count). The molecular weight excluding hydrogens is 216 g/mol. The van der Waals surface area contributed by atoms with Crippen LogP contribution in [0.5, 0.6) is 0 Å². The fraction of sp³-hybridized carbons (Fsp3) is 0.923. The molecule has 1 unspecified atom stereocenters. The van der Waals surface area contributed by atoms with E-state index in [0.717, 1.165) is 25.4 Å². The third kappa shape index (κ3) is 2.63. The predicted molar refractivity (Wildman–Crippen MR) is 64.4 cm³/mol. The lowest BCUT2D eigenvalue weighted by Crippen LogP contribution is -2.61. The predicted octanol–water partition coefficient (Wildman–Crippen LogP) is 0.799. The Morgan fingerprint density at radius 3 is 2.41 bits per heavy atom. The summed E-state index contributed by atoms with van der Waals surface area (Å²) >= 11 is 0. The number of primary amides is 1. The Morgan fingerprint density at radius 2 is 1.94 bits per heavy atom. The van der Waals surface area contributed by atoms with E-state index in [1.165, 1.54) is 25.7 Å². The fourth-order valence-electron chi connectivity index (χ4n) is 2.46. The SMILES string of the molecule is NC(=O)C(COCC1CC1)(NC1CC1)C1CC1. The maximum atomic E-state index is 11.8. The maximum absolute atomic E-state index is 11.8. The Hall–Kier alpha value is -0.610. The number of hydrogen-bond acceptors (Lipinski definition) is 3. The molecule has 17 heavy (non-hydrogen) atoms. The van der Waals surface area contributed by atoms with Gasteiger partial charge in [-0.3, -0.25) is 10.1 Å². The summed E-state index contributed by atoms with van der Waals surface area (Å²) in [6, 6.07) is 0.493. The van der Waals surface area contributed by atoms with Crippen molar-refractivity contribution in [2.75, 3.05) is 13.2 Å². The molecule has 3 aliphatic carbocycles. The van der Waals surface area contributed by atoms with Crippen molar-refractivity contribution in [3.8, 4) is 0 Å². The third-order valence-corrected chi connectivity index (χ3v) is 4.13. The van der Waals surface area contributed by atoms with E-state index in [0.29, 0.717) is 18.6 Å². The lowest BCUT2D eigenvalue weighted by atomic mass is 9.93. The van der Waals surface area contributed by atoms with Gasteiger partial charge in [-0.05, 0) is 50.4 Å². The topological polar surface area (TPSA) is 64.4 Å². The minimum Gasteiger partial charge on any atom is -0.379 e. The molecule has 0 spiro atoms. The van der Waals surface area contributed by atoms with Crippen LogP contribution in [0.15, 0.2) is 0 Å². The molecule has 0 saturated heterocycles. The first-order valence-corrected chi connectivity index (χ1v) is 6.86. The second kappa shape index (κ2) is 4.25. The summed E-state index contributed by atoms with van der Waals surface area (Å²) in [5.41, 5.74) is 5.07. The molecule has 3 aliphatic rings. The van der Waals surface area contributed by atoms with Crippen LogP contribution >= 0.6 is 0 Å². The first-order valence-electron chi connectivity index (χ1n) is 6.86. The van der Waals surface area contributed by atoms with Crippen LogP contribution in [0.2, 0.25) is 0 Å². The van der Waals surface area contributed by atoms with Crippen molar-refractivity contribution < 1.29 is 9.53 Å². The molecule has 1 atom stereocenters. The van der Waals surface area contributed by atoms with Crippen LogP contribution in [0.4, 0.5) is 0 Å². The van der Waals surface area contributed by atoms with Crippen LogP contribution in [0.25, 0.3) is 0 Å². The molecule has 3 fully saturated rings. The summed E-state index contributed by atoms with van der Waals surface area (Å²) in [6.07, 6.45) is 7.12. The summed E-state index contributed by atoms with van der Waals surface area (Å²) in [5, 5.41) is 3.46. The minimum atomic E-state index is -0.573. The standard InChI is InChI=1S/C13H22N2O2/c14-12(16)13(10-3-4-10,15-11-5-6-11)8-17-7-9-1-2-9/h9-11,15H,1-8H2,(H2,14,16). The van der Waals surface area contributed by atoms with Gasteiger partial charge in [0, 0.05) is 12.6 Å². The van der Waals surface area contributed by atoms with Gasteiger partial charge in [0.25, 0.3) is 0 Å². The normalized spacial score (nSPS) is 27.8. The van der Waals surface area contributed by atoms with Crippen LogP contribution in [0.1, 0.15) is 38.5 Å². The van der Waals surface area contributed by atoms with Crippen molar-refractivity contribution in [2.45, 2.75) is 50.1 Å². The minimum absolute atomic E-state index is 0.220. The zero-order valence-corrected chi connectivity index (χ0v) is 10.3. The van der Waals surface area contributed by atoms with Gasteiger partial charge in [0.1, 0.15) is 5.54 Å². The lowest BCUT2D eigenvalue weighted by molar-refractivity contribution is -0.128. The van der Waals surface area contributed by atoms with Crippen LogP contribution in [0.3, 0.4) is 0 Å². The van der Waals surface area contributed by atoms with Crippen LogP contribution in [-0.4, -0.2) is 30.7 Å². The van der Waals surface area contributed by atoms with Gasteiger partial charge >= 0.3 is 0 Å². The zero-order chi connectivity index (χ0) is 11.9. The highest BCUT2D eigenvalue weighted by molar-refractivity contribution is 5.86. The second-order valence-electron chi connectivity index (χ2n) is 5.99. The summed E-state index contributed by atoms with van der Waals surface area (Å²) in [5.74, 6) is 0.920. The van der Waals surface area contributed by atoms with E-state index in [1.54, 1.807) is 0 Å². The molecule has 3 N–H and O–H groups in total. The van der Waals surface area contributed by atoms with Crippen molar-refractivity contribution >= 4 is 5.91 Å².